The summed E-state index contributed by atoms with van der Waals surface area (Å²) in [5.74, 6) is -5.30. The summed E-state index contributed by atoms with van der Waals surface area (Å²) in [7, 11) is 0. The normalized spacial score (nSPS) is 49.4. The van der Waals surface area contributed by atoms with Crippen LogP contribution in [0, 0.1) is 50.2 Å². The zero-order chi connectivity index (χ0) is 65.6. The average Bonchev–Trinajstić information content (AvgIpc) is 0.677. The maximum atomic E-state index is 12.6. The molecule has 9 aliphatic rings. The van der Waals surface area contributed by atoms with Crippen LogP contribution in [-0.2, 0) is 80.8 Å². The molecule has 506 valence electrons. The lowest BCUT2D eigenvalue weighted by Crippen LogP contribution is -2.69. The molecule has 4 aliphatic heterocycles. The van der Waals surface area contributed by atoms with E-state index in [1.165, 1.54) is 5.57 Å². The molecule has 0 amide bonds. The summed E-state index contributed by atoms with van der Waals surface area (Å²) < 4.78 is 71.3. The number of allylic oxidation sites excluding steroid dienone is 2. The highest BCUT2D eigenvalue weighted by Crippen LogP contribution is 2.76. The second-order valence-corrected chi connectivity index (χ2v) is 28.3. The average molecular weight is 1280 g/mol. The lowest BCUT2D eigenvalue weighted by Gasteiger charge is -2.72. The summed E-state index contributed by atoms with van der Waals surface area (Å²) >= 11 is 0. The van der Waals surface area contributed by atoms with Gasteiger partial charge in [0.2, 0.25) is 0 Å². The molecule has 89 heavy (non-hydrogen) atoms. The maximum Gasteiger partial charge on any atom is 0.335 e. The minimum absolute atomic E-state index is 0.0472. The predicted molar refractivity (Wildman–Crippen MR) is 298 cm³/mol. The first-order valence-electron chi connectivity index (χ1n) is 31.0. The topological polar surface area (TPSA) is 419 Å². The number of carbonyl (C=O) groups is 5. The minimum Gasteiger partial charge on any atom is -0.479 e. The van der Waals surface area contributed by atoms with E-state index in [4.69, 9.17) is 56.8 Å². The molecule has 4 saturated heterocycles. The summed E-state index contributed by atoms with van der Waals surface area (Å²) in [4.78, 5) is 62.0. The van der Waals surface area contributed by atoms with Crippen LogP contribution in [0.25, 0.3) is 0 Å². The van der Waals surface area contributed by atoms with Crippen LogP contribution in [-0.4, -0.2) is 247 Å². The molecular weight excluding hydrogens is 1180 g/mol. The van der Waals surface area contributed by atoms with Crippen molar-refractivity contribution in [2.75, 3.05) is 26.4 Å². The van der Waals surface area contributed by atoms with Gasteiger partial charge in [0.1, 0.15) is 73.8 Å². The number of hydrogen-bond donors (Lipinski definition) is 11. The number of carboxylic acid groups (broad SMARTS) is 1. The van der Waals surface area contributed by atoms with Crippen molar-refractivity contribution >= 4 is 29.8 Å². The third-order valence-corrected chi connectivity index (χ3v) is 22.6. The van der Waals surface area contributed by atoms with E-state index < -0.39 is 212 Å². The van der Waals surface area contributed by atoms with Crippen LogP contribution in [0.3, 0.4) is 0 Å². The minimum atomic E-state index is -2.06. The van der Waals surface area contributed by atoms with Crippen LogP contribution in [0.4, 0.5) is 0 Å². The Morgan fingerprint density at radius 2 is 1.19 bits per heavy atom. The molecule has 4 saturated carbocycles. The molecule has 30 unspecified atom stereocenters. The quantitative estimate of drug-likeness (QED) is 0.0398. The Kier molecular flexibility index (Phi) is 20.3. The van der Waals surface area contributed by atoms with Gasteiger partial charge in [0.25, 0.3) is 0 Å². The second kappa shape index (κ2) is 25.9. The van der Waals surface area contributed by atoms with Crippen molar-refractivity contribution < 1.29 is 137 Å². The smallest absolute Gasteiger partial charge is 0.335 e. The van der Waals surface area contributed by atoms with Crippen molar-refractivity contribution in [1.29, 1.82) is 0 Å². The van der Waals surface area contributed by atoms with Crippen molar-refractivity contribution in [3.63, 3.8) is 0 Å². The number of aliphatic hydroxyl groups is 10. The molecule has 4 heterocycles. The number of fused-ring (bicyclic) bond motifs is 7. The van der Waals surface area contributed by atoms with E-state index in [9.17, 15) is 80.1 Å². The molecule has 0 spiro atoms. The van der Waals surface area contributed by atoms with E-state index in [0.717, 1.165) is 27.7 Å². The van der Waals surface area contributed by atoms with Gasteiger partial charge in [0.05, 0.1) is 38.1 Å². The Hall–Kier alpha value is -3.63. The first-order chi connectivity index (χ1) is 41.5. The van der Waals surface area contributed by atoms with Crippen LogP contribution >= 0.6 is 0 Å². The molecule has 5 aliphatic carbocycles. The van der Waals surface area contributed by atoms with Crippen molar-refractivity contribution in [2.45, 2.75) is 263 Å². The van der Waals surface area contributed by atoms with Gasteiger partial charge in [-0.2, -0.15) is 0 Å². The fraction of sp³-hybridized carbons (Fsp3) is 0.885. The zero-order valence-electron chi connectivity index (χ0n) is 52.4. The Bertz CT molecular complexity index is 2620. The fourth-order valence-electron chi connectivity index (χ4n) is 17.6. The van der Waals surface area contributed by atoms with Gasteiger partial charge in [-0.25, -0.2) is 4.79 Å². The number of rotatable bonds is 16. The Morgan fingerprint density at radius 3 is 1.81 bits per heavy atom. The first-order valence-corrected chi connectivity index (χ1v) is 31.0. The predicted octanol–water partition coefficient (Wildman–Crippen LogP) is -0.606. The van der Waals surface area contributed by atoms with Gasteiger partial charge in [-0.3, -0.25) is 19.2 Å². The Labute approximate surface area is 516 Å². The molecule has 0 radical (unpaired) electrons. The maximum absolute atomic E-state index is 12.6. The van der Waals surface area contributed by atoms with Crippen LogP contribution in [0.15, 0.2) is 11.6 Å². The van der Waals surface area contributed by atoms with E-state index in [2.05, 4.69) is 33.8 Å². The number of hydrogen-bond acceptors (Lipinski definition) is 27. The van der Waals surface area contributed by atoms with E-state index in [0.29, 0.717) is 51.4 Å². The number of aliphatic hydroxyl groups excluding tert-OH is 10. The molecule has 8 fully saturated rings. The van der Waals surface area contributed by atoms with Crippen molar-refractivity contribution in [3.8, 4) is 0 Å². The monoisotopic (exact) mass is 1270 g/mol. The third-order valence-electron chi connectivity index (χ3n) is 22.6. The van der Waals surface area contributed by atoms with Crippen molar-refractivity contribution in [1.82, 2.24) is 0 Å². The van der Waals surface area contributed by atoms with Gasteiger partial charge in [-0.05, 0) is 90.8 Å². The molecule has 0 aromatic carbocycles. The molecule has 30 atom stereocenters. The number of carboxylic acids is 1. The van der Waals surface area contributed by atoms with E-state index >= 15 is 0 Å². The Morgan fingerprint density at radius 1 is 0.573 bits per heavy atom. The molecule has 28 nitrogen and oxygen atoms in total. The summed E-state index contributed by atoms with van der Waals surface area (Å²) in [6, 6.07) is 0. The lowest BCUT2D eigenvalue weighted by molar-refractivity contribution is -0.375. The van der Waals surface area contributed by atoms with Gasteiger partial charge in [-0.1, -0.05) is 60.1 Å². The van der Waals surface area contributed by atoms with Crippen LogP contribution in [0.2, 0.25) is 0 Å². The molecular formula is C61H94O28. The SMILES string of the molecule is CC(=O)OCC1OC(OC2C(O)COC(OC3C(O)C(C)(C)CC4C5=CCC6C7(C)CCC(OC8OC(C(=O)O)C(O)C(O)C8OC8OC(CO)C(O)C(O)C8O)C(C)(CO)C7CCC6(C)C5(C)CCC43C)C2O)C(OC(C)=O)C(OC(C)=O)C1OC(C)=O. The highest BCUT2D eigenvalue weighted by molar-refractivity contribution is 5.73. The highest BCUT2D eigenvalue weighted by Gasteiger charge is 2.71. The zero-order valence-corrected chi connectivity index (χ0v) is 52.4. The summed E-state index contributed by atoms with van der Waals surface area (Å²) in [5, 5.41) is 122. The molecule has 0 aromatic heterocycles. The lowest BCUT2D eigenvalue weighted by atomic mass is 9.33. The molecule has 28 heteroatoms. The first kappa shape index (κ1) is 69.7. The van der Waals surface area contributed by atoms with E-state index in [1.54, 1.807) is 0 Å². The third kappa shape index (κ3) is 12.3. The molecule has 11 N–H and O–H groups in total. The second-order valence-electron chi connectivity index (χ2n) is 28.3. The summed E-state index contributed by atoms with van der Waals surface area (Å²) in [6.45, 7) is 17.0. The van der Waals surface area contributed by atoms with Gasteiger partial charge in [0.15, 0.2) is 49.6 Å². The summed E-state index contributed by atoms with van der Waals surface area (Å²) in [6.07, 6.45) is -28.7. The van der Waals surface area contributed by atoms with Crippen molar-refractivity contribution in [2.24, 2.45) is 50.2 Å². The van der Waals surface area contributed by atoms with Crippen LogP contribution in [0.5, 0.6) is 0 Å². The molecule has 0 aromatic rings. The largest absolute Gasteiger partial charge is 0.479 e. The fourth-order valence-corrected chi connectivity index (χ4v) is 17.6. The van der Waals surface area contributed by atoms with Crippen LogP contribution in [0.1, 0.15) is 128 Å². The van der Waals surface area contributed by atoms with E-state index in [1.807, 2.05) is 20.8 Å². The van der Waals surface area contributed by atoms with Gasteiger partial charge in [-0.15, -0.1) is 0 Å². The number of ether oxygens (including phenoxy) is 12. The van der Waals surface area contributed by atoms with Gasteiger partial charge in [0, 0.05) is 38.5 Å². The van der Waals surface area contributed by atoms with Crippen molar-refractivity contribution in [3.05, 3.63) is 11.6 Å². The molecule has 9 rings (SSSR count). The molecule has 0 bridgehead atoms. The van der Waals surface area contributed by atoms with Gasteiger partial charge < -0.3 is 113 Å². The Balaban J connectivity index is 0.960. The highest BCUT2D eigenvalue weighted by atomic mass is 16.8. The van der Waals surface area contributed by atoms with E-state index in [-0.39, 0.29) is 29.8 Å². The summed E-state index contributed by atoms with van der Waals surface area (Å²) in [5.41, 5.74) is -2.55. The van der Waals surface area contributed by atoms with Crippen LogP contribution < -0.4 is 0 Å². The van der Waals surface area contributed by atoms with Gasteiger partial charge >= 0.3 is 29.8 Å². The number of carbonyl (C=O) groups excluding carboxylic acids is 4. The number of aliphatic carboxylic acids is 1. The number of esters is 4. The standard InChI is InChI=1S/C61H94O28/c1-25(64)78-23-33-44(80-26(2)65)47(81-27(3)66)48(82-28(4)67)55(84-33)86-43-31(68)22-79-52(42(43)74)89-50-49(75)56(5,6)20-30-29-12-13-35-58(8)16-15-36(59(9,24-63)34(58)14-17-61(35,11)60(29,10)19-18-57(30,50)7)85-54-46(40(72)39(71)45(87-54)51(76)77)88-53-41(73)38(70)37(69)32(21-62)83-53/h12,30-50,52-55,62-63,68-75H,13-24H2,1-11H3,(H,76,77).